The highest BCUT2D eigenvalue weighted by molar-refractivity contribution is 5.97. The topological polar surface area (TPSA) is 37.3 Å². The monoisotopic (exact) mass is 208 g/mol. The maximum atomic E-state index is 11.4. The average molecular weight is 208 g/mol. The van der Waals surface area contributed by atoms with Crippen LogP contribution in [0.4, 0.5) is 26.3 Å². The lowest BCUT2D eigenvalue weighted by Gasteiger charge is -2.04. The van der Waals surface area contributed by atoms with Gasteiger partial charge in [-0.3, -0.25) is 4.79 Å². The molecule has 0 aliphatic heterocycles. The molecule has 2 nitrogen and oxygen atoms in total. The Bertz CT molecular complexity index is 234. The first kappa shape index (κ1) is 11.8. The van der Waals surface area contributed by atoms with Crippen LogP contribution >= 0.6 is 0 Å². The summed E-state index contributed by atoms with van der Waals surface area (Å²) < 4.78 is 68.0. The summed E-state index contributed by atoms with van der Waals surface area (Å²) in [5.41, 5.74) is 0. The summed E-state index contributed by atoms with van der Waals surface area (Å²) in [6, 6.07) is 0. The number of ketones is 1. The van der Waals surface area contributed by atoms with E-state index in [4.69, 9.17) is 5.11 Å². The average Bonchev–Trinajstić information content (AvgIpc) is 1.79. The normalized spacial score (nSPS) is 14.5. The maximum absolute atomic E-state index is 11.4. The zero-order valence-electron chi connectivity index (χ0n) is 5.70. The molecule has 0 fully saturated rings. The van der Waals surface area contributed by atoms with Gasteiger partial charge in [0.05, 0.1) is 6.08 Å². The van der Waals surface area contributed by atoms with Crippen molar-refractivity contribution < 1.29 is 36.2 Å². The highest BCUT2D eigenvalue weighted by atomic mass is 19.4. The van der Waals surface area contributed by atoms with Crippen molar-refractivity contribution in [3.8, 4) is 0 Å². The third-order valence-electron chi connectivity index (χ3n) is 0.790. The van der Waals surface area contributed by atoms with Crippen molar-refractivity contribution in [3.05, 3.63) is 11.8 Å². The summed E-state index contributed by atoms with van der Waals surface area (Å²) in [6.07, 6.45) is -11.8. The molecule has 13 heavy (non-hydrogen) atoms. The van der Waals surface area contributed by atoms with Crippen molar-refractivity contribution in [2.75, 3.05) is 0 Å². The van der Waals surface area contributed by atoms with Crippen molar-refractivity contribution >= 4 is 5.78 Å². The quantitative estimate of drug-likeness (QED) is 0.407. The highest BCUT2D eigenvalue weighted by Gasteiger charge is 2.42. The van der Waals surface area contributed by atoms with Gasteiger partial charge in [0.1, 0.15) is 0 Å². The van der Waals surface area contributed by atoms with Gasteiger partial charge in [-0.15, -0.1) is 0 Å². The number of hydrogen-bond acceptors (Lipinski definition) is 2. The zero-order chi connectivity index (χ0) is 10.9. The molecule has 0 unspecified atom stereocenters. The maximum Gasteiger partial charge on any atom is 0.458 e. The number of allylic oxidation sites excluding steroid dienone is 2. The second-order valence-corrected chi connectivity index (χ2v) is 1.90. The first-order valence-electron chi connectivity index (χ1n) is 2.64. The molecule has 0 atom stereocenters. The van der Waals surface area contributed by atoms with Crippen molar-refractivity contribution in [1.29, 1.82) is 0 Å². The van der Waals surface area contributed by atoms with Gasteiger partial charge in [0.25, 0.3) is 0 Å². The van der Waals surface area contributed by atoms with Crippen molar-refractivity contribution in [2.45, 2.75) is 12.4 Å². The molecule has 0 bridgehead atoms. The van der Waals surface area contributed by atoms with Gasteiger partial charge in [-0.05, 0) is 0 Å². The predicted octanol–water partition coefficient (Wildman–Crippen LogP) is 2.12. The Morgan fingerprint density at radius 2 is 1.46 bits per heavy atom. The van der Waals surface area contributed by atoms with E-state index in [9.17, 15) is 31.1 Å². The molecule has 76 valence electrons. The lowest BCUT2D eigenvalue weighted by Crippen LogP contribution is -2.25. The van der Waals surface area contributed by atoms with Crippen LogP contribution in [-0.4, -0.2) is 23.2 Å². The second kappa shape index (κ2) is 3.27. The Kier molecular flexibility index (Phi) is 2.96. The van der Waals surface area contributed by atoms with Gasteiger partial charge in [0.15, 0.2) is 5.76 Å². The fourth-order valence-corrected chi connectivity index (χ4v) is 0.366. The Hall–Kier alpha value is -1.21. The lowest BCUT2D eigenvalue weighted by atomic mass is 10.3. The Morgan fingerprint density at radius 3 is 1.69 bits per heavy atom. The van der Waals surface area contributed by atoms with Crippen LogP contribution in [0.15, 0.2) is 11.8 Å². The van der Waals surface area contributed by atoms with Crippen LogP contribution in [0.5, 0.6) is 0 Å². The number of aliphatic hydroxyl groups excluding tert-OH is 1. The van der Waals surface area contributed by atoms with E-state index in [0.29, 0.717) is 0 Å². The van der Waals surface area contributed by atoms with Gasteiger partial charge in [-0.1, -0.05) is 0 Å². The summed E-state index contributed by atoms with van der Waals surface area (Å²) in [4.78, 5) is 9.90. The number of aliphatic hydroxyl groups is 1. The molecule has 0 aliphatic rings. The number of carbonyl (C=O) groups is 1. The minimum absolute atomic E-state index is 1.12. The molecule has 0 amide bonds. The molecule has 0 radical (unpaired) electrons. The second-order valence-electron chi connectivity index (χ2n) is 1.90. The molecule has 0 saturated carbocycles. The molecule has 0 spiro atoms. The Labute approximate surface area is 67.5 Å². The molecule has 0 aliphatic carbocycles. The van der Waals surface area contributed by atoms with Gasteiger partial charge in [-0.25, -0.2) is 0 Å². The van der Waals surface area contributed by atoms with E-state index in [0.717, 1.165) is 0 Å². The zero-order valence-corrected chi connectivity index (χ0v) is 5.70. The van der Waals surface area contributed by atoms with Crippen LogP contribution in [-0.2, 0) is 4.79 Å². The molecule has 1 N–H and O–H groups in total. The van der Waals surface area contributed by atoms with Gasteiger partial charge in [-0.2, -0.15) is 26.3 Å². The summed E-state index contributed by atoms with van der Waals surface area (Å²) in [5.74, 6) is -5.30. The van der Waals surface area contributed by atoms with Gasteiger partial charge in [0, 0.05) is 0 Å². The van der Waals surface area contributed by atoms with Crippen molar-refractivity contribution in [1.82, 2.24) is 0 Å². The first-order chi connectivity index (χ1) is 5.54. The molecule has 0 aromatic heterocycles. The minimum atomic E-state index is -5.51. The summed E-state index contributed by atoms with van der Waals surface area (Å²) >= 11 is 0. The van der Waals surface area contributed by atoms with Gasteiger partial charge in [0.2, 0.25) is 0 Å². The standard InChI is InChI=1S/C5H2F6O2/c6-4(7,8)1-2(12)3(13)5(9,10)11/h1,12H. The SMILES string of the molecule is O=C(C(O)=CC(F)(F)F)C(F)(F)F. The number of carbonyl (C=O) groups excluding carboxylic acids is 1. The van der Waals surface area contributed by atoms with Crippen LogP contribution in [0, 0.1) is 0 Å². The number of halogens is 6. The summed E-state index contributed by atoms with van der Waals surface area (Å²) in [6.45, 7) is 0. The van der Waals surface area contributed by atoms with Crippen LogP contribution in [0.1, 0.15) is 0 Å². The van der Waals surface area contributed by atoms with E-state index in [1.54, 1.807) is 0 Å². The number of rotatable bonds is 1. The molecular formula is C5H2F6O2. The summed E-state index contributed by atoms with van der Waals surface area (Å²) in [5, 5.41) is 8.06. The van der Waals surface area contributed by atoms with Crippen LogP contribution in [0.3, 0.4) is 0 Å². The number of hydrogen-bond donors (Lipinski definition) is 1. The van der Waals surface area contributed by atoms with E-state index < -0.39 is 30.0 Å². The van der Waals surface area contributed by atoms with Crippen LogP contribution in [0.25, 0.3) is 0 Å². The van der Waals surface area contributed by atoms with Gasteiger partial charge < -0.3 is 5.11 Å². The van der Waals surface area contributed by atoms with E-state index in [1.807, 2.05) is 0 Å². The first-order valence-corrected chi connectivity index (χ1v) is 2.64. The van der Waals surface area contributed by atoms with Crippen LogP contribution in [0.2, 0.25) is 0 Å². The predicted molar refractivity (Wildman–Crippen MR) is 27.8 cm³/mol. The largest absolute Gasteiger partial charge is 0.504 e. The van der Waals surface area contributed by atoms with E-state index in [2.05, 4.69) is 0 Å². The number of Topliss-reactive ketones (excluding diaryl/α,β-unsaturated/α-hetero) is 1. The molecule has 0 heterocycles. The van der Waals surface area contributed by atoms with Crippen molar-refractivity contribution in [2.24, 2.45) is 0 Å². The fourth-order valence-electron chi connectivity index (χ4n) is 0.366. The van der Waals surface area contributed by atoms with Crippen molar-refractivity contribution in [3.63, 3.8) is 0 Å². The van der Waals surface area contributed by atoms with Crippen LogP contribution < -0.4 is 0 Å². The fraction of sp³-hybridized carbons (Fsp3) is 0.400. The minimum Gasteiger partial charge on any atom is -0.504 e. The smallest absolute Gasteiger partial charge is 0.458 e. The van der Waals surface area contributed by atoms with E-state index >= 15 is 0 Å². The third kappa shape index (κ3) is 4.38. The Balaban J connectivity index is 4.73. The Morgan fingerprint density at radius 1 is 1.08 bits per heavy atom. The number of alkyl halides is 6. The van der Waals surface area contributed by atoms with Gasteiger partial charge >= 0.3 is 18.1 Å². The summed E-state index contributed by atoms with van der Waals surface area (Å²) in [7, 11) is 0. The van der Waals surface area contributed by atoms with E-state index in [1.165, 1.54) is 0 Å². The third-order valence-corrected chi connectivity index (χ3v) is 0.790. The highest BCUT2D eigenvalue weighted by Crippen LogP contribution is 2.23. The molecule has 0 aromatic rings. The van der Waals surface area contributed by atoms with E-state index in [-0.39, 0.29) is 0 Å². The molecular weight excluding hydrogens is 206 g/mol. The molecule has 0 saturated heterocycles. The lowest BCUT2D eigenvalue weighted by molar-refractivity contribution is -0.169. The molecule has 8 heteroatoms. The molecule has 0 aromatic carbocycles. The molecule has 0 rings (SSSR count).